The van der Waals surface area contributed by atoms with E-state index in [0.717, 1.165) is 53.3 Å². The van der Waals surface area contributed by atoms with Gasteiger partial charge in [0, 0.05) is 60.5 Å². The number of likely N-dealkylation sites (N-methyl/N-ethyl adjacent to an activating group) is 1. The number of halogens is 2. The molecule has 0 radical (unpaired) electrons. The molecule has 0 aliphatic carbocycles. The number of fused-ring (bicyclic) bond motifs is 1. The number of thiophene rings is 1. The molecule has 10 rings (SSSR count). The number of hydrogen-bond acceptors (Lipinski definition) is 19. The molecule has 3 aromatic heterocycles. The van der Waals surface area contributed by atoms with E-state index in [2.05, 4.69) is 44.1 Å². The van der Waals surface area contributed by atoms with E-state index in [-0.39, 0.29) is 57.6 Å². The van der Waals surface area contributed by atoms with Crippen LogP contribution in [0.2, 0.25) is 5.02 Å². The molecular weight excluding hydrogens is 1430 g/mol. The van der Waals surface area contributed by atoms with Crippen molar-refractivity contribution in [2.45, 2.75) is 111 Å². The molecule has 2 unspecified atom stereocenters. The van der Waals surface area contributed by atoms with Crippen molar-refractivity contribution in [3.63, 3.8) is 0 Å². The molecule has 1 aliphatic heterocycles. The highest BCUT2D eigenvalue weighted by Crippen LogP contribution is 2.50. The SMILES string of the molecule is C#CCOCc1cc(NC(=O)C(CCCNC(N)=O)NC(=O)C(NC(=O)OC(C)(C)C)C(C)C)ccc1C[N+]1(C)CCN(CCOc2ccc(-c3c(-c4ccc(F)cc4)sc4ncnc(O[C@H](Cc5ccccc5OCc5ccnc(-c6ccccc6OC)n5)C(=O)OCc5ccc(OC)cc5)c34)c(C)c2Cl)CC1. The number of amides is 5. The van der Waals surface area contributed by atoms with Crippen molar-refractivity contribution in [2.24, 2.45) is 11.7 Å². The number of para-hydroxylation sites is 2. The van der Waals surface area contributed by atoms with Gasteiger partial charge in [-0.05, 0) is 147 Å². The minimum atomic E-state index is -1.29. The highest BCUT2D eigenvalue weighted by Gasteiger charge is 2.34. The Labute approximate surface area is 643 Å². The van der Waals surface area contributed by atoms with E-state index in [1.165, 1.54) is 29.8 Å². The van der Waals surface area contributed by atoms with Crippen molar-refractivity contribution >= 4 is 68.7 Å². The van der Waals surface area contributed by atoms with E-state index in [4.69, 9.17) is 76.6 Å². The van der Waals surface area contributed by atoms with E-state index >= 15 is 0 Å². The van der Waals surface area contributed by atoms with Crippen LogP contribution in [0.5, 0.6) is 28.9 Å². The maximum absolute atomic E-state index is 14.7. The van der Waals surface area contributed by atoms with Crippen molar-refractivity contribution in [3.05, 3.63) is 190 Å². The second kappa shape index (κ2) is 37.7. The number of benzene rings is 6. The Bertz CT molecular complexity index is 4700. The third kappa shape index (κ3) is 22.1. The highest BCUT2D eigenvalue weighted by molar-refractivity contribution is 7.22. The largest absolute Gasteiger partial charge is 0.497 e. The number of urea groups is 1. The average molecular weight is 1530 g/mol. The summed E-state index contributed by atoms with van der Waals surface area (Å²) < 4.78 is 63.7. The fourth-order valence-corrected chi connectivity index (χ4v) is 13.9. The van der Waals surface area contributed by atoms with Crippen molar-refractivity contribution in [1.82, 2.24) is 40.8 Å². The van der Waals surface area contributed by atoms with Crippen LogP contribution in [-0.4, -0.2) is 157 Å². The number of terminal acetylenes is 1. The number of piperazine rings is 1. The maximum atomic E-state index is 14.7. The van der Waals surface area contributed by atoms with Gasteiger partial charge in [-0.1, -0.05) is 98.1 Å². The molecule has 24 nitrogen and oxygen atoms in total. The number of quaternary nitrogens is 1. The number of carbonyl (C=O) groups is 5. The molecule has 0 bridgehead atoms. The number of carbonyl (C=O) groups excluding carboxylic acids is 5. The quantitative estimate of drug-likeness (QED) is 0.0108. The number of ether oxygens (including phenoxy) is 8. The molecule has 572 valence electrons. The molecule has 5 amide bonds. The summed E-state index contributed by atoms with van der Waals surface area (Å²) in [5.74, 6) is 2.75. The summed E-state index contributed by atoms with van der Waals surface area (Å²) >= 11 is 8.74. The third-order valence-corrected chi connectivity index (χ3v) is 19.9. The van der Waals surface area contributed by atoms with E-state index < -0.39 is 59.5 Å². The van der Waals surface area contributed by atoms with Gasteiger partial charge in [-0.25, -0.2) is 38.7 Å². The number of alkyl carbamates (subject to hydrolysis) is 1. The second-order valence-electron chi connectivity index (χ2n) is 27.9. The molecule has 3 atom stereocenters. The van der Waals surface area contributed by atoms with Gasteiger partial charge in [-0.3, -0.25) is 14.5 Å². The predicted octanol–water partition coefficient (Wildman–Crippen LogP) is 12.8. The fourth-order valence-electron chi connectivity index (χ4n) is 12.5. The van der Waals surface area contributed by atoms with Crippen LogP contribution in [0, 0.1) is 31.0 Å². The van der Waals surface area contributed by atoms with Gasteiger partial charge in [0.15, 0.2) is 5.82 Å². The van der Waals surface area contributed by atoms with Crippen LogP contribution < -0.4 is 50.7 Å². The zero-order valence-electron chi connectivity index (χ0n) is 62.6. The Morgan fingerprint density at radius 2 is 1.54 bits per heavy atom. The molecule has 109 heavy (non-hydrogen) atoms. The minimum absolute atomic E-state index is 0.0167. The molecule has 27 heteroatoms. The van der Waals surface area contributed by atoms with E-state index in [0.29, 0.717) is 114 Å². The first-order valence-electron chi connectivity index (χ1n) is 35.8. The number of nitrogens with one attached hydrogen (secondary N) is 4. The highest BCUT2D eigenvalue weighted by atomic mass is 35.5. The fraction of sp³-hybridized carbons (Fsp3) is 0.354. The maximum Gasteiger partial charge on any atom is 0.408 e. The molecule has 9 aromatic rings. The summed E-state index contributed by atoms with van der Waals surface area (Å²) in [6.45, 7) is 15.7. The van der Waals surface area contributed by atoms with Crippen molar-refractivity contribution < 1.29 is 70.7 Å². The van der Waals surface area contributed by atoms with Crippen LogP contribution in [0.4, 0.5) is 19.7 Å². The number of esters is 1. The summed E-state index contributed by atoms with van der Waals surface area (Å²) in [6, 6.07) is 36.5. The zero-order chi connectivity index (χ0) is 77.8. The van der Waals surface area contributed by atoms with Crippen LogP contribution in [0.15, 0.2) is 146 Å². The second-order valence-corrected chi connectivity index (χ2v) is 29.3. The summed E-state index contributed by atoms with van der Waals surface area (Å²) in [7, 11) is 5.38. The third-order valence-electron chi connectivity index (χ3n) is 18.3. The monoisotopic (exact) mass is 1520 g/mol. The minimum Gasteiger partial charge on any atom is -0.497 e. The molecule has 6 N–H and O–H groups in total. The number of rotatable bonds is 34. The lowest BCUT2D eigenvalue weighted by Gasteiger charge is -2.42. The number of hydrogen-bond donors (Lipinski definition) is 5. The van der Waals surface area contributed by atoms with Gasteiger partial charge in [0.25, 0.3) is 0 Å². The van der Waals surface area contributed by atoms with Gasteiger partial charge in [0.05, 0.1) is 62.6 Å². The van der Waals surface area contributed by atoms with Gasteiger partial charge >= 0.3 is 18.1 Å². The molecule has 1 aliphatic rings. The van der Waals surface area contributed by atoms with Crippen molar-refractivity contribution in [3.8, 4) is 74.2 Å². The lowest BCUT2D eigenvalue weighted by molar-refractivity contribution is -0.926. The standard InChI is InChI=1S/C82H91ClFN11O13S/c1-11-42-103-48-57-44-59(91-75(96)64(19-16-35-87-80(85)99)92-76(97)72(51(2)3)93-81(100)108-82(5,6)7)29-26-56(57)46-95(8)40-37-94(38-41-95)39-43-104-67-33-32-62(52(4)71(67)83)69-70-77(88-50-89-78(70)109-73(69)54-24-27-58(84)28-25-54)107-68(79(98)106-47-53-22-30-61(101-9)31-23-53)45-55-17-12-14-20-65(55)105-49-60-34-36-86-74(90-60)63-18-13-15-21-66(63)102-10/h1,12-15,17-18,20-34,36,44,50-51,64,68,72H,16,19,35,37-43,45-49H2,2-10H3,(H5-,85,87,91,92,93,96,97,99,100)/p+1/t64?,68-,72?/m1/s1. The Morgan fingerprint density at radius 1 is 0.798 bits per heavy atom. The summed E-state index contributed by atoms with van der Waals surface area (Å²) in [5.41, 5.74) is 12.2. The van der Waals surface area contributed by atoms with E-state index in [9.17, 15) is 28.4 Å². The van der Waals surface area contributed by atoms with E-state index in [1.807, 2.05) is 97.9 Å². The van der Waals surface area contributed by atoms with Crippen molar-refractivity contribution in [1.29, 1.82) is 0 Å². The Balaban J connectivity index is 0.839. The van der Waals surface area contributed by atoms with Crippen LogP contribution in [0.25, 0.3) is 43.2 Å². The van der Waals surface area contributed by atoms with Crippen LogP contribution in [0.3, 0.4) is 0 Å². The van der Waals surface area contributed by atoms with Gasteiger partial charge < -0.3 is 69.4 Å². The summed E-state index contributed by atoms with van der Waals surface area (Å²) in [4.78, 5) is 89.3. The molecular formula is C82H92ClFN11O13S+. The van der Waals surface area contributed by atoms with Crippen LogP contribution in [-0.2, 0) is 61.4 Å². The number of anilines is 1. The molecule has 1 saturated heterocycles. The van der Waals surface area contributed by atoms with E-state index in [1.54, 1.807) is 85.4 Å². The Hall–Kier alpha value is -11.0. The Kier molecular flexibility index (Phi) is 27.9. The topological polar surface area (TPSA) is 288 Å². The van der Waals surface area contributed by atoms with Gasteiger partial charge in [0.2, 0.25) is 23.8 Å². The number of aromatic nitrogens is 4. The zero-order valence-corrected chi connectivity index (χ0v) is 64.2. The molecule has 4 heterocycles. The average Bonchev–Trinajstić information content (AvgIpc) is 1.61. The van der Waals surface area contributed by atoms with Gasteiger partial charge in [0.1, 0.15) is 90.6 Å². The van der Waals surface area contributed by atoms with Crippen LogP contribution >= 0.6 is 22.9 Å². The lowest BCUT2D eigenvalue weighted by atomic mass is 9.96. The summed E-state index contributed by atoms with van der Waals surface area (Å²) in [5, 5.41) is 11.8. The normalized spacial score (nSPS) is 13.6. The number of primary amides is 1. The number of methoxy groups -OCH3 is 2. The number of nitrogens with two attached hydrogens (primary N) is 1. The first-order valence-corrected chi connectivity index (χ1v) is 37.0. The van der Waals surface area contributed by atoms with Crippen LogP contribution in [0.1, 0.15) is 81.0 Å². The molecule has 6 aromatic carbocycles. The summed E-state index contributed by atoms with van der Waals surface area (Å²) in [6.07, 6.45) is 6.99. The van der Waals surface area contributed by atoms with Gasteiger partial charge in [-0.15, -0.1) is 17.8 Å². The first kappa shape index (κ1) is 80.6. The lowest BCUT2D eigenvalue weighted by Crippen LogP contribution is -2.57. The molecule has 0 spiro atoms. The smallest absolute Gasteiger partial charge is 0.408 e. The molecule has 0 saturated carbocycles. The Morgan fingerprint density at radius 3 is 2.26 bits per heavy atom. The predicted molar refractivity (Wildman–Crippen MR) is 416 cm³/mol. The number of nitrogens with zero attached hydrogens (tertiary/aromatic N) is 6. The van der Waals surface area contributed by atoms with Gasteiger partial charge in [-0.2, -0.15) is 0 Å². The van der Waals surface area contributed by atoms with Crippen molar-refractivity contribution in [2.75, 3.05) is 79.1 Å². The first-order chi connectivity index (χ1) is 52.4. The molecule has 1 fully saturated rings.